The zero-order valence-corrected chi connectivity index (χ0v) is 27.4. The predicted molar refractivity (Wildman–Crippen MR) is 167 cm³/mol. The Hall–Kier alpha value is -0.340. The van der Waals surface area contributed by atoms with Gasteiger partial charge in [0.25, 0.3) is 0 Å². The third kappa shape index (κ3) is 16.0. The van der Waals surface area contributed by atoms with Crippen molar-refractivity contribution in [2.45, 2.75) is 93.1 Å². The van der Waals surface area contributed by atoms with Crippen molar-refractivity contribution in [3.05, 3.63) is 0 Å². The molecule has 4 saturated heterocycles. The molecule has 4 aliphatic rings. The fourth-order valence-electron chi connectivity index (χ4n) is 6.13. The number of ether oxygens (including phenoxy) is 1. The first-order valence-electron chi connectivity index (χ1n) is 16.0. The van der Waals surface area contributed by atoms with Crippen LogP contribution in [-0.2, 0) is 9.53 Å². The highest BCUT2D eigenvalue weighted by Crippen LogP contribution is 2.27. The number of carbonyl (C=O) groups excluding carboxylic acids is 1. The van der Waals surface area contributed by atoms with Gasteiger partial charge >= 0.3 is 0 Å². The van der Waals surface area contributed by atoms with Gasteiger partial charge in [-0.2, -0.15) is 11.8 Å². The van der Waals surface area contributed by atoms with E-state index in [1.807, 2.05) is 0 Å². The number of likely N-dealkylation sites (tertiary alicyclic amines) is 2. The van der Waals surface area contributed by atoms with E-state index in [4.69, 9.17) is 9.84 Å². The highest BCUT2D eigenvalue weighted by molar-refractivity contribution is 7.99. The summed E-state index contributed by atoms with van der Waals surface area (Å²) in [5.74, 6) is 6.71. The number of morpholine rings is 1. The molecule has 0 aromatic carbocycles. The Morgan fingerprint density at radius 1 is 0.846 bits per heavy atom. The molecule has 0 saturated carbocycles. The van der Waals surface area contributed by atoms with E-state index >= 15 is 0 Å². The third-order valence-corrected chi connectivity index (χ3v) is 9.06. The van der Waals surface area contributed by atoms with E-state index in [-0.39, 0.29) is 6.10 Å². The molecule has 4 aliphatic heterocycles. The number of amides is 1. The van der Waals surface area contributed by atoms with Crippen LogP contribution in [0.1, 0.15) is 87.0 Å². The summed E-state index contributed by atoms with van der Waals surface area (Å²) in [6.07, 6.45) is 8.04. The molecule has 0 unspecified atom stereocenters. The number of hydrogen-bond donors (Lipinski definition) is 1. The standard InChI is InChI=1S/C15H28N2O2.C9H18S.C8H17NO/c1-13(2)11-14-3-5-17(6-4-14)15(18)12-16-7-9-19-10-8-16;1-8(2)7-9-3-5-10-6-4-9;1-8(2,3)6-9-4-7(10)5-9/h13-14H,3-12H2,1-2H3;8-9H,3-7H2,1-2H3;7,10H,4-6H2,1-3H3. The van der Waals surface area contributed by atoms with E-state index in [0.29, 0.717) is 17.9 Å². The van der Waals surface area contributed by atoms with Gasteiger partial charge in [0, 0.05) is 45.8 Å². The maximum absolute atomic E-state index is 12.2. The van der Waals surface area contributed by atoms with Crippen LogP contribution < -0.4 is 0 Å². The minimum Gasteiger partial charge on any atom is -0.390 e. The van der Waals surface area contributed by atoms with E-state index in [2.05, 4.69) is 74.9 Å². The molecular weight excluding hydrogens is 506 g/mol. The Bertz CT molecular complexity index is 644. The number of piperidine rings is 1. The van der Waals surface area contributed by atoms with Gasteiger partial charge in [-0.25, -0.2) is 0 Å². The molecule has 0 aromatic heterocycles. The molecule has 0 spiro atoms. The molecule has 6 nitrogen and oxygen atoms in total. The molecule has 0 aromatic rings. The molecular formula is C32H63N3O3S. The van der Waals surface area contributed by atoms with Gasteiger partial charge in [-0.05, 0) is 79.1 Å². The third-order valence-electron chi connectivity index (χ3n) is 8.02. The van der Waals surface area contributed by atoms with E-state index in [9.17, 15) is 4.79 Å². The molecule has 0 aliphatic carbocycles. The number of β-amino-alcohol motifs (C(OH)–C–C–N with tert-alkyl or cyclic N) is 1. The quantitative estimate of drug-likeness (QED) is 0.438. The van der Waals surface area contributed by atoms with Crippen LogP contribution in [0.4, 0.5) is 0 Å². The van der Waals surface area contributed by atoms with Crippen LogP contribution in [-0.4, -0.2) is 109 Å². The van der Waals surface area contributed by atoms with E-state index < -0.39 is 0 Å². The monoisotopic (exact) mass is 569 g/mol. The molecule has 39 heavy (non-hydrogen) atoms. The normalized spacial score (nSPS) is 22.7. The number of carbonyl (C=O) groups is 1. The van der Waals surface area contributed by atoms with Crippen molar-refractivity contribution >= 4 is 17.7 Å². The van der Waals surface area contributed by atoms with Gasteiger partial charge in [0.1, 0.15) is 0 Å². The minimum atomic E-state index is -0.0534. The van der Waals surface area contributed by atoms with Crippen LogP contribution in [0.15, 0.2) is 0 Å². The van der Waals surface area contributed by atoms with Gasteiger partial charge in [-0.15, -0.1) is 0 Å². The number of thioether (sulfide) groups is 1. The predicted octanol–water partition coefficient (Wildman–Crippen LogP) is 5.49. The van der Waals surface area contributed by atoms with Crippen LogP contribution in [0.5, 0.6) is 0 Å². The lowest BCUT2D eigenvalue weighted by Gasteiger charge is -2.39. The van der Waals surface area contributed by atoms with Crippen molar-refractivity contribution < 1.29 is 14.6 Å². The number of hydrogen-bond acceptors (Lipinski definition) is 6. The molecule has 0 bridgehead atoms. The SMILES string of the molecule is CC(C)(C)CN1CC(O)C1.CC(C)CC1CCN(C(=O)CN2CCOCC2)CC1.CC(C)CC1CCSCC1. The molecule has 0 radical (unpaired) electrons. The summed E-state index contributed by atoms with van der Waals surface area (Å²) in [6.45, 7) is 24.6. The maximum Gasteiger partial charge on any atom is 0.236 e. The van der Waals surface area contributed by atoms with Gasteiger partial charge in [0.05, 0.1) is 25.9 Å². The summed E-state index contributed by atoms with van der Waals surface area (Å²) in [5.41, 5.74) is 0.375. The average Bonchev–Trinajstić information content (AvgIpc) is 2.84. The Morgan fingerprint density at radius 3 is 1.82 bits per heavy atom. The molecule has 230 valence electrons. The Morgan fingerprint density at radius 2 is 1.36 bits per heavy atom. The zero-order valence-electron chi connectivity index (χ0n) is 26.6. The second-order valence-electron chi connectivity index (χ2n) is 14.4. The van der Waals surface area contributed by atoms with Crippen molar-refractivity contribution in [1.29, 1.82) is 0 Å². The van der Waals surface area contributed by atoms with Crippen LogP contribution in [0, 0.1) is 29.1 Å². The summed E-state index contributed by atoms with van der Waals surface area (Å²) in [7, 11) is 0. The lowest BCUT2D eigenvalue weighted by atomic mass is 9.88. The fourth-order valence-corrected chi connectivity index (χ4v) is 7.33. The van der Waals surface area contributed by atoms with E-state index in [0.717, 1.165) is 82.7 Å². The van der Waals surface area contributed by atoms with Gasteiger partial charge in [-0.3, -0.25) is 14.6 Å². The second-order valence-corrected chi connectivity index (χ2v) is 15.7. The number of aliphatic hydroxyl groups excluding tert-OH is 1. The molecule has 1 amide bonds. The van der Waals surface area contributed by atoms with Gasteiger partial charge in [0.2, 0.25) is 5.91 Å². The number of aliphatic hydroxyl groups is 1. The molecule has 4 heterocycles. The molecule has 7 heteroatoms. The minimum absolute atomic E-state index is 0.0534. The van der Waals surface area contributed by atoms with Crippen LogP contribution >= 0.6 is 11.8 Å². The summed E-state index contributed by atoms with van der Waals surface area (Å²) in [5, 5.41) is 8.97. The maximum atomic E-state index is 12.2. The van der Waals surface area contributed by atoms with Crippen molar-refractivity contribution in [3.63, 3.8) is 0 Å². The van der Waals surface area contributed by atoms with Crippen molar-refractivity contribution in [2.75, 3.05) is 77.1 Å². The highest BCUT2D eigenvalue weighted by Gasteiger charge is 2.27. The summed E-state index contributed by atoms with van der Waals surface area (Å²) in [4.78, 5) is 18.8. The average molecular weight is 570 g/mol. The Labute approximate surface area is 246 Å². The lowest BCUT2D eigenvalue weighted by molar-refractivity contribution is -0.134. The molecule has 4 fully saturated rings. The molecule has 4 rings (SSSR count). The van der Waals surface area contributed by atoms with E-state index in [1.54, 1.807) is 0 Å². The summed E-state index contributed by atoms with van der Waals surface area (Å²) in [6, 6.07) is 0. The summed E-state index contributed by atoms with van der Waals surface area (Å²) >= 11 is 2.13. The Kier molecular flexibility index (Phi) is 16.3. The Balaban J connectivity index is 0.000000225. The van der Waals surface area contributed by atoms with Gasteiger partial charge in [0.15, 0.2) is 0 Å². The summed E-state index contributed by atoms with van der Waals surface area (Å²) < 4.78 is 5.31. The first-order valence-corrected chi connectivity index (χ1v) is 17.1. The topological polar surface area (TPSA) is 56.2 Å². The number of rotatable bonds is 7. The number of nitrogens with zero attached hydrogens (tertiary/aromatic N) is 3. The van der Waals surface area contributed by atoms with Gasteiger partial charge < -0.3 is 14.7 Å². The van der Waals surface area contributed by atoms with Crippen LogP contribution in [0.3, 0.4) is 0 Å². The molecule has 0 atom stereocenters. The highest BCUT2D eigenvalue weighted by atomic mass is 32.2. The van der Waals surface area contributed by atoms with Crippen molar-refractivity contribution in [1.82, 2.24) is 14.7 Å². The first-order chi connectivity index (χ1) is 18.4. The smallest absolute Gasteiger partial charge is 0.236 e. The first kappa shape index (κ1) is 34.9. The zero-order chi connectivity index (χ0) is 28.8. The lowest BCUT2D eigenvalue weighted by Crippen LogP contribution is -2.53. The van der Waals surface area contributed by atoms with Crippen molar-refractivity contribution in [2.24, 2.45) is 29.1 Å². The van der Waals surface area contributed by atoms with Crippen LogP contribution in [0.2, 0.25) is 0 Å². The van der Waals surface area contributed by atoms with Gasteiger partial charge in [-0.1, -0.05) is 48.5 Å². The van der Waals surface area contributed by atoms with Crippen molar-refractivity contribution in [3.8, 4) is 0 Å². The second kappa shape index (κ2) is 18.3. The largest absolute Gasteiger partial charge is 0.390 e. The molecule has 1 N–H and O–H groups in total. The van der Waals surface area contributed by atoms with Crippen LogP contribution in [0.25, 0.3) is 0 Å². The van der Waals surface area contributed by atoms with E-state index in [1.165, 1.54) is 50.0 Å². The fraction of sp³-hybridized carbons (Fsp3) is 0.969.